The average molecular weight is 447 g/mol. The molecule has 2 N–H and O–H groups in total. The van der Waals surface area contributed by atoms with Gasteiger partial charge in [0.2, 0.25) is 0 Å². The Hall–Kier alpha value is -2.53. The molecule has 0 radical (unpaired) electrons. The van der Waals surface area contributed by atoms with Gasteiger partial charge in [0, 0.05) is 36.5 Å². The van der Waals surface area contributed by atoms with Crippen LogP contribution in [0, 0.1) is 23.2 Å². The summed E-state index contributed by atoms with van der Waals surface area (Å²) in [5, 5.41) is 13.8. The molecular weight excluding hydrogens is 423 g/mol. The molecule has 0 spiro atoms. The van der Waals surface area contributed by atoms with Crippen molar-refractivity contribution in [2.45, 2.75) is 19.4 Å². The molecule has 2 bridgehead atoms. The maximum absolute atomic E-state index is 9.47. The van der Waals surface area contributed by atoms with Crippen molar-refractivity contribution in [1.82, 2.24) is 14.6 Å². The Labute approximate surface area is 187 Å². The van der Waals surface area contributed by atoms with E-state index in [1.54, 1.807) is 16.9 Å². The molecule has 3 aromatic rings. The van der Waals surface area contributed by atoms with Crippen molar-refractivity contribution in [2.24, 2.45) is 17.6 Å². The molecule has 30 heavy (non-hydrogen) atoms. The number of hydrogen-bond donors (Lipinski definition) is 1. The normalized spacial score (nSPS) is 21.8. The van der Waals surface area contributed by atoms with Gasteiger partial charge in [-0.1, -0.05) is 0 Å². The molecule has 2 aliphatic heterocycles. The maximum atomic E-state index is 9.47. The summed E-state index contributed by atoms with van der Waals surface area (Å²) in [4.78, 5) is 7.04. The van der Waals surface area contributed by atoms with E-state index in [-0.39, 0.29) is 24.8 Å². The van der Waals surface area contributed by atoms with Crippen molar-refractivity contribution in [3.8, 4) is 22.9 Å². The summed E-state index contributed by atoms with van der Waals surface area (Å²) in [6, 6.07) is 8.64. The van der Waals surface area contributed by atoms with E-state index in [0.29, 0.717) is 35.8 Å². The lowest BCUT2D eigenvalue weighted by molar-refractivity contribution is 0.115. The zero-order valence-corrected chi connectivity index (χ0v) is 18.2. The summed E-state index contributed by atoms with van der Waals surface area (Å²) in [7, 11) is 0. The number of nitrogens with two attached hydrogens (primary N) is 1. The Kier molecular flexibility index (Phi) is 6.41. The zero-order chi connectivity index (χ0) is 19.3. The quantitative estimate of drug-likeness (QED) is 0.660. The van der Waals surface area contributed by atoms with Crippen molar-refractivity contribution in [3.05, 3.63) is 42.4 Å². The highest BCUT2D eigenvalue weighted by Gasteiger charge is 2.44. The van der Waals surface area contributed by atoms with Crippen LogP contribution in [0.4, 0.5) is 5.82 Å². The molecule has 3 aliphatic rings. The van der Waals surface area contributed by atoms with Crippen molar-refractivity contribution in [3.63, 3.8) is 0 Å². The fourth-order valence-corrected chi connectivity index (χ4v) is 4.49. The first-order valence-electron chi connectivity index (χ1n) is 9.69. The molecule has 2 atom stereocenters. The molecule has 1 saturated carbocycles. The molecule has 3 aromatic heterocycles. The molecule has 6 rings (SSSR count). The zero-order valence-electron chi connectivity index (χ0n) is 16.6. The van der Waals surface area contributed by atoms with Gasteiger partial charge in [0.25, 0.3) is 0 Å². The Morgan fingerprint density at radius 1 is 1.23 bits per heavy atom. The molecule has 5 heterocycles. The summed E-state index contributed by atoms with van der Waals surface area (Å²) in [6.07, 6.45) is 6.50. The van der Waals surface area contributed by atoms with Crippen molar-refractivity contribution >= 4 is 36.1 Å². The monoisotopic (exact) mass is 446 g/mol. The lowest BCUT2D eigenvalue weighted by Crippen LogP contribution is -2.62. The van der Waals surface area contributed by atoms with Gasteiger partial charge in [-0.05, 0) is 43.4 Å². The number of nitriles is 1. The minimum absolute atomic E-state index is 0. The van der Waals surface area contributed by atoms with Crippen LogP contribution in [0.3, 0.4) is 0 Å². The van der Waals surface area contributed by atoms with Crippen LogP contribution in [0.5, 0.6) is 5.75 Å². The Morgan fingerprint density at radius 2 is 2.00 bits per heavy atom. The number of nitrogens with zero attached hydrogens (tertiary/aromatic N) is 5. The summed E-state index contributed by atoms with van der Waals surface area (Å²) in [5.41, 5.74) is 9.31. The van der Waals surface area contributed by atoms with Gasteiger partial charge in [-0.2, -0.15) is 10.4 Å². The van der Waals surface area contributed by atoms with Gasteiger partial charge in [-0.3, -0.25) is 0 Å². The van der Waals surface area contributed by atoms with E-state index in [2.05, 4.69) is 28.2 Å². The Balaban J connectivity index is 0.00000128. The maximum Gasteiger partial charge on any atom is 0.138 e. The number of halogens is 2. The van der Waals surface area contributed by atoms with Gasteiger partial charge in [0.15, 0.2) is 0 Å². The number of ether oxygens (including phenoxy) is 1. The van der Waals surface area contributed by atoms with Gasteiger partial charge in [0.05, 0.1) is 30.1 Å². The fourth-order valence-electron chi connectivity index (χ4n) is 4.49. The van der Waals surface area contributed by atoms with Gasteiger partial charge >= 0.3 is 0 Å². The van der Waals surface area contributed by atoms with Crippen LogP contribution in [-0.2, 0) is 0 Å². The highest BCUT2D eigenvalue weighted by molar-refractivity contribution is 5.86. The van der Waals surface area contributed by atoms with Crippen molar-refractivity contribution in [1.29, 1.82) is 5.26 Å². The highest BCUT2D eigenvalue weighted by Crippen LogP contribution is 2.40. The van der Waals surface area contributed by atoms with Gasteiger partial charge in [0.1, 0.15) is 17.6 Å². The highest BCUT2D eigenvalue weighted by atomic mass is 35.5. The van der Waals surface area contributed by atoms with Crippen LogP contribution in [0.15, 0.2) is 36.8 Å². The Bertz CT molecular complexity index is 1070. The molecule has 1 aliphatic carbocycles. The minimum atomic E-state index is 0. The SMILES string of the molecule is CCOc1cc(-c2ccc(N3CC4CC(C3)C4N)nc2)c2c(C#N)cnn2c1.Cl.Cl. The second-order valence-electron chi connectivity index (χ2n) is 7.63. The summed E-state index contributed by atoms with van der Waals surface area (Å²) in [6.45, 7) is 4.47. The molecular formula is C21H24Cl2N6O. The lowest BCUT2D eigenvalue weighted by atomic mass is 9.67. The molecule has 7 nitrogen and oxygen atoms in total. The van der Waals surface area contributed by atoms with Crippen molar-refractivity contribution in [2.75, 3.05) is 24.6 Å². The number of piperidine rings is 2. The van der Waals surface area contributed by atoms with Crippen LogP contribution in [0.2, 0.25) is 0 Å². The number of anilines is 1. The molecule has 3 fully saturated rings. The van der Waals surface area contributed by atoms with Crippen LogP contribution < -0.4 is 15.4 Å². The second kappa shape index (κ2) is 8.68. The van der Waals surface area contributed by atoms with E-state index in [1.807, 2.05) is 19.2 Å². The Morgan fingerprint density at radius 3 is 2.60 bits per heavy atom. The summed E-state index contributed by atoms with van der Waals surface area (Å²) < 4.78 is 7.38. The van der Waals surface area contributed by atoms with Gasteiger partial charge in [-0.25, -0.2) is 9.50 Å². The topological polar surface area (TPSA) is 92.5 Å². The number of hydrogen-bond acceptors (Lipinski definition) is 6. The third-order valence-electron chi connectivity index (χ3n) is 6.00. The van der Waals surface area contributed by atoms with Gasteiger partial charge < -0.3 is 15.4 Å². The predicted molar refractivity (Wildman–Crippen MR) is 121 cm³/mol. The van der Waals surface area contributed by atoms with Crippen LogP contribution in [-0.4, -0.2) is 40.3 Å². The van der Waals surface area contributed by atoms with Crippen LogP contribution >= 0.6 is 24.8 Å². The van der Waals surface area contributed by atoms with E-state index < -0.39 is 0 Å². The standard InChI is InChI=1S/C21H22N6O.2ClH/c1-2-28-17-6-18(21-16(7-22)9-25-27(21)12-17)13-3-4-19(24-8-13)26-10-14-5-15(11-26)20(14)23;;/h3-4,6,8-9,12,14-15,20H,2,5,10-11,23H2,1H3;2*1H. The summed E-state index contributed by atoms with van der Waals surface area (Å²) in [5.74, 6) is 2.88. The molecule has 0 amide bonds. The fraction of sp³-hybridized carbons (Fsp3) is 0.381. The first-order chi connectivity index (χ1) is 13.7. The van der Waals surface area contributed by atoms with E-state index in [0.717, 1.165) is 35.6 Å². The lowest BCUT2D eigenvalue weighted by Gasteiger charge is -2.52. The van der Waals surface area contributed by atoms with Gasteiger partial charge in [-0.15, -0.1) is 24.8 Å². The van der Waals surface area contributed by atoms with E-state index >= 15 is 0 Å². The molecule has 2 unspecified atom stereocenters. The van der Waals surface area contributed by atoms with Crippen LogP contribution in [0.1, 0.15) is 18.9 Å². The molecule has 158 valence electrons. The third-order valence-corrected chi connectivity index (χ3v) is 6.00. The largest absolute Gasteiger partial charge is 0.492 e. The van der Waals surface area contributed by atoms with E-state index in [1.165, 1.54) is 6.42 Å². The number of aromatic nitrogens is 3. The average Bonchev–Trinajstić information content (AvgIpc) is 3.16. The second-order valence-corrected chi connectivity index (χ2v) is 7.63. The first kappa shape index (κ1) is 22.2. The predicted octanol–water partition coefficient (Wildman–Crippen LogP) is 3.29. The molecule has 2 saturated heterocycles. The number of rotatable bonds is 4. The first-order valence-corrected chi connectivity index (χ1v) is 9.69. The minimum Gasteiger partial charge on any atom is -0.492 e. The van der Waals surface area contributed by atoms with Crippen LogP contribution in [0.25, 0.3) is 16.6 Å². The molecule has 9 heteroatoms. The molecule has 0 aromatic carbocycles. The summed E-state index contributed by atoms with van der Waals surface area (Å²) >= 11 is 0. The van der Waals surface area contributed by atoms with E-state index in [9.17, 15) is 5.26 Å². The third kappa shape index (κ3) is 3.56. The number of pyridine rings is 2. The van der Waals surface area contributed by atoms with E-state index in [4.69, 9.17) is 15.5 Å². The van der Waals surface area contributed by atoms with Crippen molar-refractivity contribution < 1.29 is 4.74 Å². The number of fused-ring (bicyclic) bond motifs is 3. The smallest absolute Gasteiger partial charge is 0.138 e.